The van der Waals surface area contributed by atoms with Gasteiger partial charge in [-0.25, -0.2) is 0 Å². The van der Waals surface area contributed by atoms with Gasteiger partial charge < -0.3 is 21.2 Å². The van der Waals surface area contributed by atoms with Gasteiger partial charge in [0.25, 0.3) is 5.09 Å². The SMILES string of the molecule is CCC(N)NC(C)(C)CO.CCCCCCCCCCCCCCCCCC(=O)O.O=[N+]([O-])O. The molecule has 34 heavy (non-hydrogen) atoms. The summed E-state index contributed by atoms with van der Waals surface area (Å²) >= 11 is 0. The van der Waals surface area contributed by atoms with Crippen LogP contribution in [0.4, 0.5) is 0 Å². The molecule has 1 unspecified atom stereocenters. The predicted molar refractivity (Wildman–Crippen MR) is 139 cm³/mol. The first-order valence-corrected chi connectivity index (χ1v) is 13.2. The second kappa shape index (κ2) is 27.8. The second-order valence-corrected chi connectivity index (χ2v) is 9.53. The predicted octanol–water partition coefficient (Wildman–Crippen LogP) is 6.03. The molecule has 0 aliphatic rings. The fraction of sp³-hybridized carbons (Fsp3) is 0.960. The number of aliphatic hydroxyl groups is 1. The average Bonchev–Trinajstić information content (AvgIpc) is 2.76. The Bertz CT molecular complexity index is 446. The number of hydrogen-bond acceptors (Lipinski definition) is 6. The summed E-state index contributed by atoms with van der Waals surface area (Å²) in [5, 5.41) is 34.1. The fourth-order valence-corrected chi connectivity index (χ4v) is 3.30. The van der Waals surface area contributed by atoms with Crippen molar-refractivity contribution in [2.24, 2.45) is 5.73 Å². The highest BCUT2D eigenvalue weighted by atomic mass is 16.9. The number of nitrogens with one attached hydrogen (secondary N) is 1. The van der Waals surface area contributed by atoms with Crippen molar-refractivity contribution in [2.75, 3.05) is 6.61 Å². The van der Waals surface area contributed by atoms with Gasteiger partial charge in [0, 0.05) is 12.0 Å². The number of nitrogens with zero attached hydrogens (tertiary/aromatic N) is 1. The number of aliphatic carboxylic acids is 1. The molecule has 206 valence electrons. The molecule has 0 aromatic carbocycles. The molecule has 0 saturated carbocycles. The summed E-state index contributed by atoms with van der Waals surface area (Å²) in [6.45, 7) is 8.23. The minimum absolute atomic E-state index is 0.0119. The summed E-state index contributed by atoms with van der Waals surface area (Å²) in [4.78, 5) is 18.7. The molecule has 1 atom stereocenters. The molecule has 0 rings (SSSR count). The van der Waals surface area contributed by atoms with Crippen LogP contribution in [0, 0.1) is 10.1 Å². The van der Waals surface area contributed by atoms with E-state index in [1.165, 1.54) is 83.5 Å². The van der Waals surface area contributed by atoms with Crippen molar-refractivity contribution < 1.29 is 25.3 Å². The lowest BCUT2D eigenvalue weighted by Crippen LogP contribution is -2.51. The lowest BCUT2D eigenvalue weighted by molar-refractivity contribution is -0.742. The quantitative estimate of drug-likeness (QED) is 0.0595. The van der Waals surface area contributed by atoms with Crippen LogP contribution in [0.1, 0.15) is 137 Å². The topological polar surface area (TPSA) is 159 Å². The largest absolute Gasteiger partial charge is 0.481 e. The molecule has 6 N–H and O–H groups in total. The van der Waals surface area contributed by atoms with Gasteiger partial charge in [0.15, 0.2) is 0 Å². The number of carboxylic acid groups (broad SMARTS) is 1. The van der Waals surface area contributed by atoms with E-state index in [2.05, 4.69) is 12.2 Å². The summed E-state index contributed by atoms with van der Waals surface area (Å²) in [7, 11) is 0. The van der Waals surface area contributed by atoms with Crippen molar-refractivity contribution in [1.29, 1.82) is 0 Å². The van der Waals surface area contributed by atoms with E-state index in [0.29, 0.717) is 6.42 Å². The lowest BCUT2D eigenvalue weighted by Gasteiger charge is -2.27. The molecule has 0 radical (unpaired) electrons. The Morgan fingerprint density at radius 1 is 0.882 bits per heavy atom. The number of aliphatic hydroxyl groups excluding tert-OH is 1. The molecule has 0 aliphatic heterocycles. The molecule has 9 nitrogen and oxygen atoms in total. The third-order valence-electron chi connectivity index (χ3n) is 5.41. The van der Waals surface area contributed by atoms with Crippen molar-refractivity contribution in [1.82, 2.24) is 5.32 Å². The highest BCUT2D eigenvalue weighted by Crippen LogP contribution is 2.13. The summed E-state index contributed by atoms with van der Waals surface area (Å²) in [6.07, 6.45) is 21.1. The molecule has 0 aromatic rings. The van der Waals surface area contributed by atoms with Crippen molar-refractivity contribution in [3.05, 3.63) is 10.1 Å². The van der Waals surface area contributed by atoms with E-state index in [4.69, 9.17) is 31.3 Å². The maximum absolute atomic E-state index is 10.3. The molecule has 0 aromatic heterocycles. The first kappa shape index (κ1) is 37.1. The van der Waals surface area contributed by atoms with Gasteiger partial charge >= 0.3 is 5.97 Å². The monoisotopic (exact) mass is 493 g/mol. The van der Waals surface area contributed by atoms with Gasteiger partial charge in [-0.05, 0) is 26.7 Å². The summed E-state index contributed by atoms with van der Waals surface area (Å²) in [5.41, 5.74) is 5.36. The normalized spacial score (nSPS) is 11.6. The molecule has 9 heteroatoms. The highest BCUT2D eigenvalue weighted by molar-refractivity contribution is 5.66. The molecule has 0 fully saturated rings. The molecule has 0 spiro atoms. The van der Waals surface area contributed by atoms with Gasteiger partial charge in [-0.3, -0.25) is 10.1 Å². The smallest absolute Gasteiger partial charge is 0.303 e. The number of carboxylic acids is 1. The standard InChI is InChI=1S/C18H36O2.C7H18N2O.HNO3/c1-2-3-4-5-6-7-8-9-10-11-12-13-14-15-16-17-18(19)20;1-4-6(8)9-7(2,3)5-10;2-1(3)4/h2-17H2,1H3,(H,19,20);6,9-10H,4-5,8H2,1-3H3;(H,2,3,4). The third kappa shape index (κ3) is 40.9. The highest BCUT2D eigenvalue weighted by Gasteiger charge is 2.17. The number of rotatable bonds is 20. The average molecular weight is 494 g/mol. The minimum atomic E-state index is -1.50. The summed E-state index contributed by atoms with van der Waals surface area (Å²) < 4.78 is 0. The zero-order chi connectivity index (χ0) is 26.7. The van der Waals surface area contributed by atoms with E-state index < -0.39 is 11.1 Å². The van der Waals surface area contributed by atoms with E-state index >= 15 is 0 Å². The van der Waals surface area contributed by atoms with Crippen LogP contribution in [-0.2, 0) is 4.79 Å². The third-order valence-corrected chi connectivity index (χ3v) is 5.41. The minimum Gasteiger partial charge on any atom is -0.481 e. The van der Waals surface area contributed by atoms with Crippen LogP contribution < -0.4 is 11.1 Å². The molecule has 0 aliphatic carbocycles. The Morgan fingerprint density at radius 3 is 1.47 bits per heavy atom. The van der Waals surface area contributed by atoms with Crippen LogP contribution in [0.25, 0.3) is 0 Å². The van der Waals surface area contributed by atoms with Crippen molar-refractivity contribution >= 4 is 5.97 Å². The van der Waals surface area contributed by atoms with E-state index in [1.807, 2.05) is 20.8 Å². The molecule has 0 bridgehead atoms. The first-order chi connectivity index (χ1) is 16.0. The van der Waals surface area contributed by atoms with Crippen LogP contribution in [0.5, 0.6) is 0 Å². The molecule has 0 amide bonds. The van der Waals surface area contributed by atoms with Crippen LogP contribution in [0.2, 0.25) is 0 Å². The van der Waals surface area contributed by atoms with E-state index in [9.17, 15) is 4.79 Å². The lowest BCUT2D eigenvalue weighted by atomic mass is 10.0. The number of nitrogens with two attached hydrogens (primary N) is 1. The zero-order valence-corrected chi connectivity index (χ0v) is 22.4. The molecular formula is C25H55N3O6. The van der Waals surface area contributed by atoms with Gasteiger partial charge in [-0.15, -0.1) is 10.1 Å². The van der Waals surface area contributed by atoms with Gasteiger partial charge in [0.1, 0.15) is 0 Å². The molecule has 0 saturated heterocycles. The van der Waals surface area contributed by atoms with Crippen molar-refractivity contribution in [2.45, 2.75) is 149 Å². The van der Waals surface area contributed by atoms with Crippen LogP contribution in [-0.4, -0.2) is 44.8 Å². The van der Waals surface area contributed by atoms with Crippen LogP contribution in [0.3, 0.4) is 0 Å². The van der Waals surface area contributed by atoms with E-state index in [0.717, 1.165) is 19.3 Å². The van der Waals surface area contributed by atoms with Gasteiger partial charge in [0.2, 0.25) is 0 Å². The number of hydrogen-bond donors (Lipinski definition) is 5. The second-order valence-electron chi connectivity index (χ2n) is 9.53. The van der Waals surface area contributed by atoms with Gasteiger partial charge in [0.05, 0.1) is 12.8 Å². The summed E-state index contributed by atoms with van der Waals surface area (Å²) in [6, 6.07) is 0. The number of carbonyl (C=O) groups is 1. The zero-order valence-electron chi connectivity index (χ0n) is 22.4. The van der Waals surface area contributed by atoms with Crippen molar-refractivity contribution in [3.63, 3.8) is 0 Å². The van der Waals surface area contributed by atoms with Crippen molar-refractivity contribution in [3.8, 4) is 0 Å². The Kier molecular flexibility index (Phi) is 30.3. The molecular weight excluding hydrogens is 438 g/mol. The Hall–Kier alpha value is -1.45. The maximum Gasteiger partial charge on any atom is 0.303 e. The first-order valence-electron chi connectivity index (χ1n) is 13.2. The van der Waals surface area contributed by atoms with E-state index in [-0.39, 0.29) is 18.3 Å². The van der Waals surface area contributed by atoms with Crippen LogP contribution in [0.15, 0.2) is 0 Å². The van der Waals surface area contributed by atoms with Gasteiger partial charge in [-0.1, -0.05) is 104 Å². The summed E-state index contributed by atoms with van der Waals surface area (Å²) in [5.74, 6) is -0.653. The van der Waals surface area contributed by atoms with E-state index in [1.54, 1.807) is 0 Å². The van der Waals surface area contributed by atoms with Gasteiger partial charge in [-0.2, -0.15) is 0 Å². The molecule has 0 heterocycles. The number of unbranched alkanes of at least 4 members (excludes halogenated alkanes) is 14. The Balaban J connectivity index is -0.000000568. The maximum atomic E-state index is 10.3. The Labute approximate surface area is 208 Å². The fourth-order valence-electron chi connectivity index (χ4n) is 3.30. The van der Waals surface area contributed by atoms with Crippen LogP contribution >= 0.6 is 0 Å². The Morgan fingerprint density at radius 2 is 1.21 bits per heavy atom.